The molecule has 1 aromatic rings. The van der Waals surface area contributed by atoms with Crippen LogP contribution in [0.5, 0.6) is 0 Å². The van der Waals surface area contributed by atoms with Crippen LogP contribution in [0.1, 0.15) is 30.6 Å². The molecule has 0 bridgehead atoms. The highest BCUT2D eigenvalue weighted by Gasteiger charge is 2.18. The van der Waals surface area contributed by atoms with Crippen LogP contribution < -0.4 is 5.73 Å². The Bertz CT molecular complexity index is 580. The molecule has 2 heterocycles. The largest absolute Gasteiger partial charge is 0.399 e. The third-order valence-electron chi connectivity index (χ3n) is 3.22. The van der Waals surface area contributed by atoms with Gasteiger partial charge in [0.25, 0.3) is 0 Å². The molecule has 0 amide bonds. The maximum absolute atomic E-state index is 12.3. The maximum Gasteiger partial charge on any atom is 0.194 e. The monoisotopic (exact) mass is 268 g/mol. The van der Waals surface area contributed by atoms with Gasteiger partial charge in [-0.3, -0.25) is 4.79 Å². The Labute approximate surface area is 120 Å². The highest BCUT2D eigenvalue weighted by Crippen LogP contribution is 2.24. The summed E-state index contributed by atoms with van der Waals surface area (Å²) in [5, 5.41) is 0. The molecule has 0 saturated carbocycles. The van der Waals surface area contributed by atoms with Gasteiger partial charge in [-0.1, -0.05) is 19.9 Å². The summed E-state index contributed by atoms with van der Waals surface area (Å²) >= 11 is 0. The summed E-state index contributed by atoms with van der Waals surface area (Å²) in [5.74, 6) is 0.0391. The number of benzene rings is 1. The van der Waals surface area contributed by atoms with E-state index in [9.17, 15) is 4.79 Å². The number of carbonyl (C=O) groups excluding carboxylic acids is 1. The lowest BCUT2D eigenvalue weighted by Crippen LogP contribution is -2.17. The molecule has 0 unspecified atom stereocenters. The normalized spacial score (nSPS) is 15.8. The highest BCUT2D eigenvalue weighted by atomic mass is 16.1. The van der Waals surface area contributed by atoms with E-state index in [-0.39, 0.29) is 5.78 Å². The van der Waals surface area contributed by atoms with Gasteiger partial charge in [-0.2, -0.15) is 0 Å². The second-order valence-electron chi connectivity index (χ2n) is 4.48. The summed E-state index contributed by atoms with van der Waals surface area (Å²) in [6, 6.07) is 7.03. The van der Waals surface area contributed by atoms with Gasteiger partial charge in [0, 0.05) is 35.3 Å². The van der Waals surface area contributed by atoms with E-state index >= 15 is 0 Å². The molecule has 3 nitrogen and oxygen atoms in total. The number of nitrogen functional groups attached to an aromatic ring is 1. The third-order valence-corrected chi connectivity index (χ3v) is 3.22. The van der Waals surface area contributed by atoms with Crippen molar-refractivity contribution in [2.75, 3.05) is 12.3 Å². The summed E-state index contributed by atoms with van der Waals surface area (Å²) in [4.78, 5) is 14.4. The van der Waals surface area contributed by atoms with Crippen LogP contribution in [-0.4, -0.2) is 17.2 Å². The van der Waals surface area contributed by atoms with Crippen LogP contribution in [0.3, 0.4) is 0 Å². The van der Waals surface area contributed by atoms with Crippen molar-refractivity contribution in [3.63, 3.8) is 0 Å². The molecule has 2 N–H and O–H groups in total. The predicted molar refractivity (Wildman–Crippen MR) is 83.2 cm³/mol. The SMILES string of the molecule is CC.Nc1ccc(C(=O)C2=CN3CCC=C3C=C2)cc1. The molecule has 0 fully saturated rings. The van der Waals surface area contributed by atoms with Crippen LogP contribution in [0, 0.1) is 0 Å². The lowest BCUT2D eigenvalue weighted by Gasteiger charge is -2.20. The molecule has 2 aliphatic rings. The minimum Gasteiger partial charge on any atom is -0.399 e. The molecule has 0 radical (unpaired) electrons. The molecule has 0 atom stereocenters. The fourth-order valence-electron chi connectivity index (χ4n) is 2.22. The van der Waals surface area contributed by atoms with Crippen LogP contribution in [0.4, 0.5) is 5.69 Å². The van der Waals surface area contributed by atoms with E-state index in [1.807, 2.05) is 32.2 Å². The number of rotatable bonds is 2. The minimum atomic E-state index is 0.0391. The molecule has 0 aromatic heterocycles. The minimum absolute atomic E-state index is 0.0391. The van der Waals surface area contributed by atoms with Crippen LogP contribution in [0.15, 0.2) is 60.0 Å². The van der Waals surface area contributed by atoms with Gasteiger partial charge in [0.1, 0.15) is 0 Å². The number of Topliss-reactive ketones (excluding diaryl/α,β-unsaturated/α-hetero) is 1. The Balaban J connectivity index is 0.000000704. The number of allylic oxidation sites excluding steroid dienone is 3. The zero-order valence-corrected chi connectivity index (χ0v) is 12.0. The first-order valence-electron chi connectivity index (χ1n) is 7.01. The molecule has 1 aromatic carbocycles. The topological polar surface area (TPSA) is 46.3 Å². The molecule has 3 rings (SSSR count). The van der Waals surface area contributed by atoms with Gasteiger partial charge >= 0.3 is 0 Å². The second kappa shape index (κ2) is 6.24. The van der Waals surface area contributed by atoms with Gasteiger partial charge in [-0.25, -0.2) is 0 Å². The van der Waals surface area contributed by atoms with E-state index in [1.54, 1.807) is 24.3 Å². The van der Waals surface area contributed by atoms with Crippen molar-refractivity contribution < 1.29 is 4.79 Å². The summed E-state index contributed by atoms with van der Waals surface area (Å²) in [6.07, 6.45) is 9.03. The lowest BCUT2D eigenvalue weighted by atomic mass is 10.0. The molecule has 0 aliphatic carbocycles. The summed E-state index contributed by atoms with van der Waals surface area (Å²) in [5.41, 5.74) is 8.87. The van der Waals surface area contributed by atoms with Crippen LogP contribution in [0.2, 0.25) is 0 Å². The smallest absolute Gasteiger partial charge is 0.194 e. The van der Waals surface area contributed by atoms with Gasteiger partial charge in [-0.05, 0) is 42.8 Å². The van der Waals surface area contributed by atoms with Gasteiger partial charge in [-0.15, -0.1) is 0 Å². The average molecular weight is 268 g/mol. The van der Waals surface area contributed by atoms with Crippen LogP contribution >= 0.6 is 0 Å². The van der Waals surface area contributed by atoms with Crippen molar-refractivity contribution in [2.45, 2.75) is 20.3 Å². The number of nitrogens with zero attached hydrogens (tertiary/aromatic N) is 1. The number of hydrogen-bond acceptors (Lipinski definition) is 3. The second-order valence-corrected chi connectivity index (χ2v) is 4.48. The van der Waals surface area contributed by atoms with Crippen molar-refractivity contribution >= 4 is 11.5 Å². The number of nitrogens with two attached hydrogens (primary N) is 1. The van der Waals surface area contributed by atoms with E-state index in [1.165, 1.54) is 5.70 Å². The van der Waals surface area contributed by atoms with Gasteiger partial charge < -0.3 is 10.6 Å². The van der Waals surface area contributed by atoms with Crippen molar-refractivity contribution in [1.29, 1.82) is 0 Å². The van der Waals surface area contributed by atoms with Gasteiger partial charge in [0.05, 0.1) is 0 Å². The fourth-order valence-corrected chi connectivity index (χ4v) is 2.22. The molecule has 104 valence electrons. The molecule has 2 aliphatic heterocycles. The average Bonchev–Trinajstić information content (AvgIpc) is 2.97. The molecular weight excluding hydrogens is 248 g/mol. The van der Waals surface area contributed by atoms with E-state index in [0.717, 1.165) is 18.5 Å². The van der Waals surface area contributed by atoms with Crippen LogP contribution in [-0.2, 0) is 0 Å². The van der Waals surface area contributed by atoms with Gasteiger partial charge in [0.2, 0.25) is 0 Å². The Kier molecular flexibility index (Phi) is 4.41. The highest BCUT2D eigenvalue weighted by molar-refractivity contribution is 6.10. The van der Waals surface area contributed by atoms with E-state index in [0.29, 0.717) is 11.3 Å². The number of ketones is 1. The zero-order chi connectivity index (χ0) is 14.5. The standard InChI is InChI=1S/C15H14N2O.C2H6/c16-13-6-3-11(4-7-13)15(18)12-5-8-14-2-1-9-17(14)10-12;1-2/h2-8,10H,1,9,16H2;1-2H3. The predicted octanol–water partition coefficient (Wildman–Crippen LogP) is 3.52. The Hall–Kier alpha value is -2.29. The van der Waals surface area contributed by atoms with Crippen molar-refractivity contribution in [3.8, 4) is 0 Å². The third kappa shape index (κ3) is 2.82. The Morgan fingerprint density at radius 1 is 1.15 bits per heavy atom. The first kappa shape index (κ1) is 14.1. The molecule has 3 heteroatoms. The van der Waals surface area contributed by atoms with Crippen molar-refractivity contribution in [2.24, 2.45) is 0 Å². The van der Waals surface area contributed by atoms with Crippen molar-refractivity contribution in [1.82, 2.24) is 4.90 Å². The number of carbonyl (C=O) groups is 1. The first-order chi connectivity index (χ1) is 9.74. The number of hydrogen-bond donors (Lipinski definition) is 1. The molecular formula is C17H20N2O. The number of fused-ring (bicyclic) bond motifs is 1. The number of anilines is 1. The van der Waals surface area contributed by atoms with E-state index in [2.05, 4.69) is 11.0 Å². The Morgan fingerprint density at radius 3 is 2.55 bits per heavy atom. The molecule has 0 saturated heterocycles. The zero-order valence-electron chi connectivity index (χ0n) is 12.0. The van der Waals surface area contributed by atoms with E-state index < -0.39 is 0 Å². The molecule has 0 spiro atoms. The van der Waals surface area contributed by atoms with E-state index in [4.69, 9.17) is 5.73 Å². The van der Waals surface area contributed by atoms with Crippen LogP contribution in [0.25, 0.3) is 0 Å². The molecule has 20 heavy (non-hydrogen) atoms. The Morgan fingerprint density at radius 2 is 1.85 bits per heavy atom. The summed E-state index contributed by atoms with van der Waals surface area (Å²) < 4.78 is 0. The summed E-state index contributed by atoms with van der Waals surface area (Å²) in [7, 11) is 0. The summed E-state index contributed by atoms with van der Waals surface area (Å²) in [6.45, 7) is 4.96. The van der Waals surface area contributed by atoms with Gasteiger partial charge in [0.15, 0.2) is 5.78 Å². The first-order valence-corrected chi connectivity index (χ1v) is 7.01. The maximum atomic E-state index is 12.3. The van der Waals surface area contributed by atoms with Crippen molar-refractivity contribution in [3.05, 3.63) is 65.5 Å². The quantitative estimate of drug-likeness (QED) is 0.659. The fraction of sp³-hybridized carbons (Fsp3) is 0.235. The lowest BCUT2D eigenvalue weighted by molar-refractivity contribution is 0.103.